The minimum absolute atomic E-state index is 0.0174. The molecule has 4 heteroatoms. The van der Waals surface area contributed by atoms with E-state index in [0.717, 1.165) is 0 Å². The maximum absolute atomic E-state index is 10.3. The zero-order chi connectivity index (χ0) is 5.91. The van der Waals surface area contributed by atoms with Crippen LogP contribution in [0.25, 0.3) is 0 Å². The van der Waals surface area contributed by atoms with Crippen molar-refractivity contribution in [3.63, 3.8) is 0 Å². The van der Waals surface area contributed by atoms with E-state index in [4.69, 9.17) is 0 Å². The van der Waals surface area contributed by atoms with Gasteiger partial charge in [-0.2, -0.15) is 0 Å². The van der Waals surface area contributed by atoms with E-state index in [1.54, 1.807) is 6.92 Å². The second kappa shape index (κ2) is 2.28. The summed E-state index contributed by atoms with van der Waals surface area (Å²) in [5.41, 5.74) is 3.24. The fourth-order valence-corrected chi connectivity index (χ4v) is 0.433. The van der Waals surface area contributed by atoms with Crippen LogP contribution < -0.4 is 5.73 Å². The highest BCUT2D eigenvalue weighted by Gasteiger charge is 2.02. The van der Waals surface area contributed by atoms with Crippen molar-refractivity contribution < 1.29 is 14.2 Å². The summed E-state index contributed by atoms with van der Waals surface area (Å²) in [5.74, 6) is 0.222. The van der Waals surface area contributed by atoms with E-state index in [1.807, 2.05) is 0 Å². The van der Waals surface area contributed by atoms with Crippen LogP contribution in [0.5, 0.6) is 0 Å². The maximum Gasteiger partial charge on any atom is 0.200 e. The molecule has 0 unspecified atom stereocenters. The third kappa shape index (κ3) is 2.59. The van der Waals surface area contributed by atoms with Crippen LogP contribution >= 0.6 is 0 Å². The van der Waals surface area contributed by atoms with Crippen molar-refractivity contribution in [2.24, 2.45) is 0 Å². The molecule has 0 saturated heterocycles. The number of quaternary nitrogens is 1. The van der Waals surface area contributed by atoms with E-state index < -0.39 is 9.84 Å². The summed E-state index contributed by atoms with van der Waals surface area (Å²) >= 11 is 0. The summed E-state index contributed by atoms with van der Waals surface area (Å²) in [6.45, 7) is 1.61. The van der Waals surface area contributed by atoms with Gasteiger partial charge < -0.3 is 5.73 Å². The van der Waals surface area contributed by atoms with Gasteiger partial charge in [-0.05, 0) is 0 Å². The van der Waals surface area contributed by atoms with Crippen LogP contribution in [0.15, 0.2) is 0 Å². The van der Waals surface area contributed by atoms with Gasteiger partial charge >= 0.3 is 0 Å². The van der Waals surface area contributed by atoms with Crippen molar-refractivity contribution in [2.75, 3.05) is 11.6 Å². The molecular weight excluding hydrogens is 114 g/mol. The van der Waals surface area contributed by atoms with Gasteiger partial charge in [0.15, 0.2) is 15.7 Å². The summed E-state index contributed by atoms with van der Waals surface area (Å²) in [4.78, 5) is 0. The fourth-order valence-electron chi connectivity index (χ4n) is 0.144. The summed E-state index contributed by atoms with van der Waals surface area (Å²) in [6.07, 6.45) is 0. The molecule has 0 fully saturated rings. The van der Waals surface area contributed by atoms with Crippen LogP contribution in [0.3, 0.4) is 0 Å². The topological polar surface area (TPSA) is 61.8 Å². The van der Waals surface area contributed by atoms with Gasteiger partial charge in [0, 0.05) is 0 Å². The molecule has 44 valence electrons. The lowest BCUT2D eigenvalue weighted by atomic mass is 11.0. The zero-order valence-corrected chi connectivity index (χ0v) is 5.16. The smallest absolute Gasteiger partial charge is 0.200 e. The first-order valence-electron chi connectivity index (χ1n) is 2.12. The van der Waals surface area contributed by atoms with Gasteiger partial charge in [0.2, 0.25) is 0 Å². The van der Waals surface area contributed by atoms with Crippen molar-refractivity contribution in [3.8, 4) is 0 Å². The lowest BCUT2D eigenvalue weighted by Gasteiger charge is -1.86. The minimum atomic E-state index is -2.77. The molecule has 0 aromatic carbocycles. The molecule has 0 spiro atoms. The number of hydrogen-bond donors (Lipinski definition) is 1. The summed E-state index contributed by atoms with van der Waals surface area (Å²) in [6, 6.07) is 0. The molecule has 0 aromatic heterocycles. The van der Waals surface area contributed by atoms with Gasteiger partial charge in [0.1, 0.15) is 0 Å². The van der Waals surface area contributed by atoms with Crippen molar-refractivity contribution >= 4 is 9.84 Å². The SMILES string of the molecule is CCS(=O)(=O)C[NH3+]. The monoisotopic (exact) mass is 124 g/mol. The molecule has 3 N–H and O–H groups in total. The van der Waals surface area contributed by atoms with Crippen LogP contribution in [-0.4, -0.2) is 20.0 Å². The van der Waals surface area contributed by atoms with Crippen LogP contribution in [-0.2, 0) is 9.84 Å². The maximum atomic E-state index is 10.3. The Bertz CT molecular complexity index is 116. The lowest BCUT2D eigenvalue weighted by molar-refractivity contribution is -0.340. The third-order valence-corrected chi connectivity index (χ3v) is 2.25. The van der Waals surface area contributed by atoms with Crippen LogP contribution in [0.1, 0.15) is 6.92 Å². The molecule has 0 aliphatic rings. The molecular formula is C3H10NO2S+. The Labute approximate surface area is 43.4 Å². The van der Waals surface area contributed by atoms with E-state index in [0.29, 0.717) is 0 Å². The summed E-state index contributed by atoms with van der Waals surface area (Å²) < 4.78 is 20.6. The Morgan fingerprint density at radius 3 is 2.00 bits per heavy atom. The summed E-state index contributed by atoms with van der Waals surface area (Å²) in [7, 11) is -2.77. The zero-order valence-electron chi connectivity index (χ0n) is 4.35. The molecule has 0 saturated carbocycles. The van der Waals surface area contributed by atoms with E-state index in [9.17, 15) is 8.42 Å². The van der Waals surface area contributed by atoms with Gasteiger partial charge in [-0.1, -0.05) is 6.92 Å². The first kappa shape index (κ1) is 6.91. The Hall–Kier alpha value is -0.0900. The second-order valence-corrected chi connectivity index (χ2v) is 3.71. The van der Waals surface area contributed by atoms with Crippen molar-refractivity contribution in [2.45, 2.75) is 6.92 Å². The highest BCUT2D eigenvalue weighted by molar-refractivity contribution is 7.91. The van der Waals surface area contributed by atoms with Crippen molar-refractivity contribution in [1.29, 1.82) is 0 Å². The van der Waals surface area contributed by atoms with E-state index >= 15 is 0 Å². The predicted octanol–water partition coefficient (Wildman–Crippen LogP) is -1.38. The standard InChI is InChI=1S/C3H9NO2S/c1-2-7(5,6)3-4/h2-4H2,1H3/p+1. The highest BCUT2D eigenvalue weighted by atomic mass is 32.2. The Balaban J connectivity index is 3.89. The molecule has 0 rings (SSSR count). The van der Waals surface area contributed by atoms with E-state index in [-0.39, 0.29) is 11.6 Å². The van der Waals surface area contributed by atoms with Crippen molar-refractivity contribution in [3.05, 3.63) is 0 Å². The molecule has 0 atom stereocenters. The minimum Gasteiger partial charge on any atom is -0.345 e. The van der Waals surface area contributed by atoms with Gasteiger partial charge in [-0.15, -0.1) is 0 Å². The van der Waals surface area contributed by atoms with Crippen LogP contribution in [0.4, 0.5) is 0 Å². The first-order chi connectivity index (χ1) is 3.12. The summed E-state index contributed by atoms with van der Waals surface area (Å²) in [5, 5.41) is 0. The fraction of sp³-hybridized carbons (Fsp3) is 1.00. The predicted molar refractivity (Wildman–Crippen MR) is 27.2 cm³/mol. The number of rotatable bonds is 2. The normalized spacial score (nSPS) is 11.7. The van der Waals surface area contributed by atoms with Crippen LogP contribution in [0, 0.1) is 0 Å². The molecule has 0 heterocycles. The number of sulfone groups is 1. The van der Waals surface area contributed by atoms with Gasteiger partial charge in [0.05, 0.1) is 5.75 Å². The molecule has 3 nitrogen and oxygen atoms in total. The van der Waals surface area contributed by atoms with Crippen LogP contribution in [0.2, 0.25) is 0 Å². The molecule has 7 heavy (non-hydrogen) atoms. The van der Waals surface area contributed by atoms with Crippen molar-refractivity contribution in [1.82, 2.24) is 0 Å². The van der Waals surface area contributed by atoms with Gasteiger partial charge in [-0.3, -0.25) is 0 Å². The molecule has 0 aliphatic carbocycles. The first-order valence-corrected chi connectivity index (χ1v) is 3.94. The average molecular weight is 124 g/mol. The Morgan fingerprint density at radius 2 is 2.00 bits per heavy atom. The largest absolute Gasteiger partial charge is 0.345 e. The molecule has 0 amide bonds. The van der Waals surface area contributed by atoms with E-state index in [2.05, 4.69) is 5.73 Å². The van der Waals surface area contributed by atoms with Gasteiger partial charge in [0.25, 0.3) is 0 Å². The Kier molecular flexibility index (Phi) is 2.25. The molecule has 0 aliphatic heterocycles. The lowest BCUT2D eigenvalue weighted by Crippen LogP contribution is -2.54. The number of hydrogen-bond acceptors (Lipinski definition) is 2. The third-order valence-electron chi connectivity index (χ3n) is 0.751. The second-order valence-electron chi connectivity index (χ2n) is 1.24. The highest BCUT2D eigenvalue weighted by Crippen LogP contribution is 1.78. The molecule has 0 aromatic rings. The molecule has 0 radical (unpaired) electrons. The average Bonchev–Trinajstić information content (AvgIpc) is 1.68. The Morgan fingerprint density at radius 1 is 1.57 bits per heavy atom. The van der Waals surface area contributed by atoms with E-state index in [1.165, 1.54) is 0 Å². The van der Waals surface area contributed by atoms with Gasteiger partial charge in [-0.25, -0.2) is 8.42 Å². The molecule has 0 bridgehead atoms. The quantitative estimate of drug-likeness (QED) is 0.493.